The van der Waals surface area contributed by atoms with E-state index in [1.54, 1.807) is 11.9 Å². The van der Waals surface area contributed by atoms with Crippen molar-refractivity contribution in [1.82, 2.24) is 9.97 Å². The van der Waals surface area contributed by atoms with Gasteiger partial charge in [-0.15, -0.1) is 0 Å². The van der Waals surface area contributed by atoms with E-state index in [2.05, 4.69) is 15.3 Å². The molecule has 1 unspecified atom stereocenters. The average molecular weight is 199 g/mol. The molecule has 1 N–H and O–H groups in total. The van der Waals surface area contributed by atoms with Crippen LogP contribution in [0.25, 0.3) is 0 Å². The fourth-order valence-corrected chi connectivity index (χ4v) is 1.54. The molecular weight excluding hydrogens is 192 g/mol. The average Bonchev–Trinajstić information content (AvgIpc) is 2.44. The molecule has 1 aromatic rings. The molecule has 0 aromatic carbocycles. The summed E-state index contributed by atoms with van der Waals surface area (Å²) in [5, 5.41) is 3.25. The highest BCUT2D eigenvalue weighted by Crippen LogP contribution is 2.35. The fraction of sp³-hybridized carbons (Fsp3) is 0.286. The number of likely N-dealkylation sites (N-methyl/N-ethyl adjacent to an activating group) is 1. The molecule has 0 aliphatic carbocycles. The van der Waals surface area contributed by atoms with Gasteiger partial charge in [0.25, 0.3) is 0 Å². The highest BCUT2D eigenvalue weighted by atomic mass is 35.5. The Balaban J connectivity index is 2.50. The van der Waals surface area contributed by atoms with Gasteiger partial charge in [-0.1, -0.05) is 11.6 Å². The van der Waals surface area contributed by atoms with Crippen molar-refractivity contribution in [1.29, 1.82) is 0 Å². The molecule has 0 fully saturated rings. The van der Waals surface area contributed by atoms with Crippen LogP contribution in [0, 0.1) is 0 Å². The second kappa shape index (κ2) is 2.85. The third kappa shape index (κ3) is 1.12. The lowest BCUT2D eigenvalue weighted by atomic mass is 10.4. The highest BCUT2D eigenvalue weighted by molar-refractivity contribution is 6.32. The number of anilines is 2. The van der Waals surface area contributed by atoms with Crippen molar-refractivity contribution < 1.29 is 4.79 Å². The van der Waals surface area contributed by atoms with Gasteiger partial charge in [0.1, 0.15) is 12.0 Å². The third-order valence-corrected chi connectivity index (χ3v) is 2.24. The van der Waals surface area contributed by atoms with E-state index in [-0.39, 0.29) is 0 Å². The Morgan fingerprint density at radius 3 is 3.08 bits per heavy atom. The molecule has 0 bridgehead atoms. The maximum absolute atomic E-state index is 10.6. The van der Waals surface area contributed by atoms with E-state index in [9.17, 15) is 4.79 Å². The number of nitrogens with zero attached hydrogens (tertiary/aromatic N) is 3. The number of aldehydes is 1. The molecule has 68 valence electrons. The summed E-state index contributed by atoms with van der Waals surface area (Å²) < 4.78 is 0. The van der Waals surface area contributed by atoms with Crippen molar-refractivity contribution in [3.05, 3.63) is 11.5 Å². The highest BCUT2D eigenvalue weighted by Gasteiger charge is 2.28. The van der Waals surface area contributed by atoms with Crippen molar-refractivity contribution in [3.8, 4) is 0 Å². The smallest absolute Gasteiger partial charge is 0.162 e. The Labute approximate surface area is 79.7 Å². The van der Waals surface area contributed by atoms with Crippen LogP contribution >= 0.6 is 11.6 Å². The van der Waals surface area contributed by atoms with Gasteiger partial charge in [-0.05, 0) is 0 Å². The molecule has 1 aliphatic heterocycles. The minimum absolute atomic E-state index is 0.351. The van der Waals surface area contributed by atoms with Crippen molar-refractivity contribution >= 4 is 29.4 Å². The molecule has 0 amide bonds. The predicted octanol–water partition coefficient (Wildman–Crippen LogP) is 0.517. The van der Waals surface area contributed by atoms with E-state index in [4.69, 9.17) is 11.6 Å². The molecule has 13 heavy (non-hydrogen) atoms. The molecule has 0 saturated carbocycles. The monoisotopic (exact) mass is 198 g/mol. The van der Waals surface area contributed by atoms with Crippen LogP contribution in [0.1, 0.15) is 0 Å². The normalized spacial score (nSPS) is 19.5. The van der Waals surface area contributed by atoms with E-state index in [1.165, 1.54) is 6.33 Å². The molecule has 0 spiro atoms. The zero-order chi connectivity index (χ0) is 9.42. The quantitative estimate of drug-likeness (QED) is 0.527. The van der Waals surface area contributed by atoms with Crippen LogP contribution in [0.4, 0.5) is 11.5 Å². The van der Waals surface area contributed by atoms with Gasteiger partial charge < -0.3 is 10.2 Å². The van der Waals surface area contributed by atoms with Crippen LogP contribution < -0.4 is 10.2 Å². The molecule has 1 aromatic heterocycles. The standard InChI is InChI=1S/C7H7ClN4O/c1-12-4(2-13)11-7-5(12)6(8)9-3-10-7/h2-4H,1H3,(H,9,10,11). The molecule has 1 aliphatic rings. The largest absolute Gasteiger partial charge is 0.343 e. The van der Waals surface area contributed by atoms with Gasteiger partial charge in [0.15, 0.2) is 23.4 Å². The molecule has 0 saturated heterocycles. The summed E-state index contributed by atoms with van der Waals surface area (Å²) in [4.78, 5) is 20.1. The van der Waals surface area contributed by atoms with Crippen molar-refractivity contribution in [3.63, 3.8) is 0 Å². The fourth-order valence-electron chi connectivity index (χ4n) is 1.28. The second-order valence-corrected chi connectivity index (χ2v) is 3.06. The van der Waals surface area contributed by atoms with E-state index in [0.717, 1.165) is 6.29 Å². The second-order valence-electron chi connectivity index (χ2n) is 2.70. The van der Waals surface area contributed by atoms with Crippen molar-refractivity contribution in [2.45, 2.75) is 6.17 Å². The summed E-state index contributed by atoms with van der Waals surface area (Å²) in [5.41, 5.74) is 0.668. The van der Waals surface area contributed by atoms with E-state index >= 15 is 0 Å². The minimum atomic E-state index is -0.399. The number of fused-ring (bicyclic) bond motifs is 1. The number of hydrogen-bond donors (Lipinski definition) is 1. The van der Waals surface area contributed by atoms with Crippen LogP contribution in [0.5, 0.6) is 0 Å². The predicted molar refractivity (Wildman–Crippen MR) is 48.9 cm³/mol. The van der Waals surface area contributed by atoms with Crippen LogP contribution in [-0.4, -0.2) is 29.5 Å². The summed E-state index contributed by atoms with van der Waals surface area (Å²) in [7, 11) is 1.76. The van der Waals surface area contributed by atoms with E-state index in [1.807, 2.05) is 0 Å². The van der Waals surface area contributed by atoms with Crippen LogP contribution in [0.15, 0.2) is 6.33 Å². The molecule has 6 heteroatoms. The first-order valence-corrected chi connectivity index (χ1v) is 4.07. The summed E-state index contributed by atoms with van der Waals surface area (Å²) in [5.74, 6) is 0.597. The van der Waals surface area contributed by atoms with Gasteiger partial charge in [-0.3, -0.25) is 4.79 Å². The molecule has 2 heterocycles. The SMILES string of the molecule is CN1c2c(Cl)ncnc2NC1C=O. The minimum Gasteiger partial charge on any atom is -0.343 e. The van der Waals surface area contributed by atoms with E-state index < -0.39 is 6.17 Å². The van der Waals surface area contributed by atoms with Crippen molar-refractivity contribution in [2.75, 3.05) is 17.3 Å². The topological polar surface area (TPSA) is 58.1 Å². The molecule has 5 nitrogen and oxygen atoms in total. The number of rotatable bonds is 1. The first-order chi connectivity index (χ1) is 6.24. The van der Waals surface area contributed by atoms with Gasteiger partial charge in [0.05, 0.1) is 0 Å². The zero-order valence-electron chi connectivity index (χ0n) is 6.86. The van der Waals surface area contributed by atoms with Crippen molar-refractivity contribution in [2.24, 2.45) is 0 Å². The number of aromatic nitrogens is 2. The summed E-state index contributed by atoms with van der Waals surface area (Å²) >= 11 is 5.84. The van der Waals surface area contributed by atoms with Gasteiger partial charge in [0, 0.05) is 7.05 Å². The third-order valence-electron chi connectivity index (χ3n) is 1.96. The number of nitrogens with one attached hydrogen (secondary N) is 1. The number of hydrogen-bond acceptors (Lipinski definition) is 5. The number of carbonyl (C=O) groups is 1. The Morgan fingerprint density at radius 1 is 1.69 bits per heavy atom. The first kappa shape index (κ1) is 8.25. The zero-order valence-corrected chi connectivity index (χ0v) is 7.62. The maximum atomic E-state index is 10.6. The van der Waals surface area contributed by atoms with Gasteiger partial charge in [-0.25, -0.2) is 9.97 Å². The van der Waals surface area contributed by atoms with Gasteiger partial charge >= 0.3 is 0 Å². The summed E-state index contributed by atoms with van der Waals surface area (Å²) in [6.07, 6.45) is 1.75. The maximum Gasteiger partial charge on any atom is 0.162 e. The lowest BCUT2D eigenvalue weighted by molar-refractivity contribution is -0.108. The Morgan fingerprint density at radius 2 is 2.46 bits per heavy atom. The van der Waals surface area contributed by atoms with Crippen LogP contribution in [0.3, 0.4) is 0 Å². The lowest BCUT2D eigenvalue weighted by Crippen LogP contribution is -2.33. The van der Waals surface area contributed by atoms with Gasteiger partial charge in [0.2, 0.25) is 0 Å². The Bertz CT molecular complexity index is 356. The molecule has 2 rings (SSSR count). The molecular formula is C7H7ClN4O. The lowest BCUT2D eigenvalue weighted by Gasteiger charge is -2.15. The summed E-state index contributed by atoms with van der Waals surface area (Å²) in [6, 6.07) is 0. The Kier molecular flexibility index (Phi) is 1.81. The van der Waals surface area contributed by atoms with E-state index in [0.29, 0.717) is 16.7 Å². The number of halogens is 1. The molecule has 0 radical (unpaired) electrons. The summed E-state index contributed by atoms with van der Waals surface area (Å²) in [6.45, 7) is 0. The van der Waals surface area contributed by atoms with Gasteiger partial charge in [-0.2, -0.15) is 0 Å². The Hall–Kier alpha value is -1.36. The molecule has 1 atom stereocenters. The number of carbonyl (C=O) groups excluding carboxylic acids is 1. The van der Waals surface area contributed by atoms with Crippen LogP contribution in [0.2, 0.25) is 5.15 Å². The van der Waals surface area contributed by atoms with Crippen LogP contribution in [-0.2, 0) is 4.79 Å². The first-order valence-electron chi connectivity index (χ1n) is 3.69.